The van der Waals surface area contributed by atoms with Gasteiger partial charge in [-0.3, -0.25) is 4.79 Å². The molecule has 1 fully saturated rings. The van der Waals surface area contributed by atoms with E-state index in [0.29, 0.717) is 6.04 Å². The summed E-state index contributed by atoms with van der Waals surface area (Å²) in [4.78, 5) is 12.0. The first kappa shape index (κ1) is 15.3. The van der Waals surface area contributed by atoms with E-state index < -0.39 is 0 Å². The van der Waals surface area contributed by atoms with Crippen LogP contribution in [-0.2, 0) is 4.79 Å². The largest absolute Gasteiger partial charge is 0.496 e. The maximum atomic E-state index is 12.0. The summed E-state index contributed by atoms with van der Waals surface area (Å²) in [5.41, 5.74) is 1.17. The zero-order valence-electron chi connectivity index (χ0n) is 12.2. The number of hydrogen-bond acceptors (Lipinski definition) is 2. The Morgan fingerprint density at radius 1 is 1.45 bits per heavy atom. The second kappa shape index (κ2) is 6.59. The molecule has 1 saturated carbocycles. The number of methoxy groups -OCH3 is 1. The van der Waals surface area contributed by atoms with Gasteiger partial charge in [0, 0.05) is 11.6 Å². The van der Waals surface area contributed by atoms with Crippen molar-refractivity contribution in [1.29, 1.82) is 0 Å². The number of nitrogens with one attached hydrogen (secondary N) is 1. The predicted octanol–water partition coefficient (Wildman–Crippen LogP) is 1.75. The molecule has 1 aliphatic carbocycles. The Hall–Kier alpha value is -1.07. The molecule has 0 aromatic heterocycles. The maximum Gasteiger partial charge on any atom is 0.278 e. The zero-order chi connectivity index (χ0) is 14.7. The number of carbonyl (C=O) groups is 1. The van der Waals surface area contributed by atoms with Gasteiger partial charge in [0.1, 0.15) is 11.8 Å². The van der Waals surface area contributed by atoms with E-state index in [1.807, 2.05) is 25.1 Å². The number of nitrogens with two attached hydrogens (primary N) is 1. The number of benzene rings is 1. The predicted molar refractivity (Wildman–Crippen MR) is 81.7 cm³/mol. The van der Waals surface area contributed by atoms with Gasteiger partial charge in [-0.15, -0.1) is 0 Å². The molecule has 2 atom stereocenters. The number of amides is 1. The zero-order valence-corrected chi connectivity index (χ0v) is 13.7. The Labute approximate surface area is 128 Å². The summed E-state index contributed by atoms with van der Waals surface area (Å²) in [6, 6.07) is 6.59. The monoisotopic (exact) mass is 341 g/mol. The molecular formula is C15H22BrN2O2+. The first-order valence-corrected chi connectivity index (χ1v) is 7.79. The summed E-state index contributed by atoms with van der Waals surface area (Å²) in [5, 5.41) is 5.13. The van der Waals surface area contributed by atoms with E-state index in [4.69, 9.17) is 4.74 Å². The quantitative estimate of drug-likeness (QED) is 0.828. The molecule has 4 nitrogen and oxygen atoms in total. The fourth-order valence-corrected chi connectivity index (χ4v) is 2.72. The molecule has 110 valence electrons. The molecule has 0 aliphatic heterocycles. The molecule has 1 aliphatic rings. The summed E-state index contributed by atoms with van der Waals surface area (Å²) in [6.07, 6.45) is 2.25. The van der Waals surface area contributed by atoms with Crippen LogP contribution in [0.5, 0.6) is 5.75 Å². The molecule has 2 rings (SSSR count). The van der Waals surface area contributed by atoms with Gasteiger partial charge >= 0.3 is 0 Å². The minimum atomic E-state index is -0.0773. The van der Waals surface area contributed by atoms with Crippen LogP contribution in [0.15, 0.2) is 22.7 Å². The number of halogens is 1. The van der Waals surface area contributed by atoms with Crippen LogP contribution >= 0.6 is 15.9 Å². The third kappa shape index (κ3) is 3.96. The lowest BCUT2D eigenvalue weighted by Crippen LogP contribution is -2.92. The third-order valence-electron chi connectivity index (χ3n) is 3.62. The third-order valence-corrected chi connectivity index (χ3v) is 4.24. The summed E-state index contributed by atoms with van der Waals surface area (Å²) in [7, 11) is 1.65. The van der Waals surface area contributed by atoms with Gasteiger partial charge in [-0.05, 0) is 60.8 Å². The van der Waals surface area contributed by atoms with Crippen LogP contribution in [0.1, 0.15) is 38.3 Å². The molecular weight excluding hydrogens is 320 g/mol. The number of quaternary nitrogens is 1. The van der Waals surface area contributed by atoms with Crippen molar-refractivity contribution in [3.8, 4) is 5.75 Å². The highest BCUT2D eigenvalue weighted by atomic mass is 79.9. The Balaban J connectivity index is 1.94. The highest BCUT2D eigenvalue weighted by Gasteiger charge is 2.28. The molecule has 3 N–H and O–H groups in total. The normalized spacial score (nSPS) is 17.4. The molecule has 0 bridgehead atoms. The van der Waals surface area contributed by atoms with Crippen LogP contribution in [-0.4, -0.2) is 25.1 Å². The fraction of sp³-hybridized carbons (Fsp3) is 0.533. The van der Waals surface area contributed by atoms with E-state index in [1.54, 1.807) is 7.11 Å². The molecule has 1 aromatic rings. The molecule has 0 spiro atoms. The van der Waals surface area contributed by atoms with Crippen molar-refractivity contribution in [1.82, 2.24) is 5.32 Å². The molecule has 5 heteroatoms. The van der Waals surface area contributed by atoms with E-state index in [1.165, 1.54) is 5.56 Å². The topological polar surface area (TPSA) is 54.9 Å². The number of rotatable bonds is 6. The van der Waals surface area contributed by atoms with E-state index >= 15 is 0 Å². The number of ether oxygens (including phenoxy) is 1. The van der Waals surface area contributed by atoms with Crippen molar-refractivity contribution >= 4 is 21.8 Å². The average molecular weight is 342 g/mol. The number of carbonyl (C=O) groups excluding carboxylic acids is 1. The maximum absolute atomic E-state index is 12.0. The van der Waals surface area contributed by atoms with Crippen molar-refractivity contribution in [3.05, 3.63) is 28.2 Å². The standard InChI is InChI=1S/C15H21BrN2O2/c1-9(11-4-7-14(20-3)13(16)8-11)17-10(2)15(19)18-12-5-6-12/h4,7-10,12,17H,5-6H2,1-3H3,(H,18,19)/p+1/t9-,10+/m0/s1. The van der Waals surface area contributed by atoms with Crippen LogP contribution in [0.25, 0.3) is 0 Å². The first-order chi connectivity index (χ1) is 9.51. The molecule has 0 unspecified atom stereocenters. The molecule has 0 radical (unpaired) electrons. The van der Waals surface area contributed by atoms with Gasteiger partial charge < -0.3 is 15.4 Å². The van der Waals surface area contributed by atoms with Gasteiger partial charge in [0.25, 0.3) is 5.91 Å². The van der Waals surface area contributed by atoms with Crippen LogP contribution in [0, 0.1) is 0 Å². The minimum absolute atomic E-state index is 0.0773. The van der Waals surface area contributed by atoms with Gasteiger partial charge in [0.15, 0.2) is 6.04 Å². The summed E-state index contributed by atoms with van der Waals surface area (Å²) >= 11 is 3.49. The van der Waals surface area contributed by atoms with Gasteiger partial charge in [-0.1, -0.05) is 0 Å². The molecule has 1 amide bonds. The molecule has 0 heterocycles. The van der Waals surface area contributed by atoms with Crippen molar-refractivity contribution < 1.29 is 14.8 Å². The molecule has 1 aromatic carbocycles. The van der Waals surface area contributed by atoms with Crippen LogP contribution < -0.4 is 15.4 Å². The summed E-state index contributed by atoms with van der Waals surface area (Å²) < 4.78 is 6.17. The Morgan fingerprint density at radius 2 is 2.15 bits per heavy atom. The second-order valence-electron chi connectivity index (χ2n) is 5.45. The van der Waals surface area contributed by atoms with E-state index in [9.17, 15) is 4.79 Å². The lowest BCUT2D eigenvalue weighted by molar-refractivity contribution is -0.710. The van der Waals surface area contributed by atoms with Crippen LogP contribution in [0.4, 0.5) is 0 Å². The van der Waals surface area contributed by atoms with Gasteiger partial charge in [0.2, 0.25) is 0 Å². The van der Waals surface area contributed by atoms with Crippen molar-refractivity contribution in [3.63, 3.8) is 0 Å². The summed E-state index contributed by atoms with van der Waals surface area (Å²) in [6.45, 7) is 4.06. The minimum Gasteiger partial charge on any atom is -0.496 e. The fourth-order valence-electron chi connectivity index (χ4n) is 2.16. The van der Waals surface area contributed by atoms with Crippen molar-refractivity contribution in [2.75, 3.05) is 7.11 Å². The summed E-state index contributed by atoms with van der Waals surface area (Å²) in [5.74, 6) is 0.951. The smallest absolute Gasteiger partial charge is 0.278 e. The van der Waals surface area contributed by atoms with Gasteiger partial charge in [0.05, 0.1) is 11.6 Å². The number of hydrogen-bond donors (Lipinski definition) is 2. The SMILES string of the molecule is COc1ccc([C@H](C)[NH2+][C@H](C)C(=O)NC2CC2)cc1Br. The lowest BCUT2D eigenvalue weighted by Gasteiger charge is -2.17. The molecule has 0 saturated heterocycles. The second-order valence-corrected chi connectivity index (χ2v) is 6.30. The highest BCUT2D eigenvalue weighted by molar-refractivity contribution is 9.10. The Morgan fingerprint density at radius 3 is 2.70 bits per heavy atom. The lowest BCUT2D eigenvalue weighted by atomic mass is 10.1. The van der Waals surface area contributed by atoms with Gasteiger partial charge in [-0.2, -0.15) is 0 Å². The van der Waals surface area contributed by atoms with Gasteiger partial charge in [-0.25, -0.2) is 0 Å². The van der Waals surface area contributed by atoms with Crippen molar-refractivity contribution in [2.45, 2.75) is 44.8 Å². The first-order valence-electron chi connectivity index (χ1n) is 7.00. The Bertz CT molecular complexity index is 489. The van der Waals surface area contributed by atoms with E-state index in [-0.39, 0.29) is 18.0 Å². The highest BCUT2D eigenvalue weighted by Crippen LogP contribution is 2.27. The average Bonchev–Trinajstić information content (AvgIpc) is 3.22. The Kier molecular flexibility index (Phi) is 5.05. The molecule has 20 heavy (non-hydrogen) atoms. The van der Waals surface area contributed by atoms with Crippen molar-refractivity contribution in [2.24, 2.45) is 0 Å². The van der Waals surface area contributed by atoms with E-state index in [2.05, 4.69) is 33.5 Å². The van der Waals surface area contributed by atoms with E-state index in [0.717, 1.165) is 23.1 Å². The van der Waals surface area contributed by atoms with Crippen LogP contribution in [0.2, 0.25) is 0 Å². The van der Waals surface area contributed by atoms with Crippen LogP contribution in [0.3, 0.4) is 0 Å².